The Kier molecular flexibility index (Phi) is 5.77. The first-order valence-corrected chi connectivity index (χ1v) is 6.19. The smallest absolute Gasteiger partial charge is 0.224 e. The molecule has 0 spiro atoms. The molecule has 1 saturated heterocycles. The lowest BCUT2D eigenvalue weighted by Crippen LogP contribution is -2.41. The molecule has 1 aliphatic rings. The fourth-order valence-corrected chi connectivity index (χ4v) is 2.00. The fraction of sp³-hybridized carbons (Fsp3) is 0.917. The SMILES string of the molecule is CNCC(C(=O)NCC1CCCO1)C(C)C. The summed E-state index contributed by atoms with van der Waals surface area (Å²) >= 11 is 0. The number of carbonyl (C=O) groups is 1. The van der Waals surface area contributed by atoms with Crippen LogP contribution in [0.1, 0.15) is 26.7 Å². The fourth-order valence-electron chi connectivity index (χ4n) is 2.00. The molecular weight excluding hydrogens is 204 g/mol. The van der Waals surface area contributed by atoms with E-state index in [1.54, 1.807) is 0 Å². The molecule has 1 heterocycles. The summed E-state index contributed by atoms with van der Waals surface area (Å²) in [6.07, 6.45) is 2.41. The first-order valence-electron chi connectivity index (χ1n) is 6.19. The monoisotopic (exact) mass is 228 g/mol. The standard InChI is InChI=1S/C12H24N2O2/c1-9(2)11(8-13-3)12(15)14-7-10-5-4-6-16-10/h9-11,13H,4-8H2,1-3H3,(H,14,15). The van der Waals surface area contributed by atoms with Crippen LogP contribution in [0.3, 0.4) is 0 Å². The number of amides is 1. The second kappa shape index (κ2) is 6.86. The average Bonchev–Trinajstić information content (AvgIpc) is 2.75. The Bertz CT molecular complexity index is 213. The van der Waals surface area contributed by atoms with Crippen LogP contribution in [-0.2, 0) is 9.53 Å². The summed E-state index contributed by atoms with van der Waals surface area (Å²) in [5.74, 6) is 0.545. The predicted molar refractivity (Wildman–Crippen MR) is 64.2 cm³/mol. The Morgan fingerprint density at radius 1 is 1.50 bits per heavy atom. The van der Waals surface area contributed by atoms with E-state index in [0.717, 1.165) is 26.0 Å². The third kappa shape index (κ3) is 4.10. The van der Waals surface area contributed by atoms with Crippen molar-refractivity contribution in [1.29, 1.82) is 0 Å². The van der Waals surface area contributed by atoms with E-state index in [-0.39, 0.29) is 17.9 Å². The highest BCUT2D eigenvalue weighted by molar-refractivity contribution is 5.79. The molecular formula is C12H24N2O2. The van der Waals surface area contributed by atoms with Crippen LogP contribution in [0.25, 0.3) is 0 Å². The van der Waals surface area contributed by atoms with E-state index in [4.69, 9.17) is 4.74 Å². The first-order chi connectivity index (χ1) is 7.65. The molecule has 1 fully saturated rings. The Morgan fingerprint density at radius 3 is 2.75 bits per heavy atom. The van der Waals surface area contributed by atoms with Crippen molar-refractivity contribution in [3.8, 4) is 0 Å². The quantitative estimate of drug-likeness (QED) is 0.706. The molecule has 2 unspecified atom stereocenters. The number of nitrogens with one attached hydrogen (secondary N) is 2. The zero-order valence-electron chi connectivity index (χ0n) is 10.6. The first kappa shape index (κ1) is 13.5. The zero-order chi connectivity index (χ0) is 12.0. The summed E-state index contributed by atoms with van der Waals surface area (Å²) in [4.78, 5) is 11.9. The minimum absolute atomic E-state index is 0.0476. The second-order valence-corrected chi connectivity index (χ2v) is 4.79. The van der Waals surface area contributed by atoms with Crippen molar-refractivity contribution in [3.63, 3.8) is 0 Å². The predicted octanol–water partition coefficient (Wildman–Crippen LogP) is 0.773. The topological polar surface area (TPSA) is 50.4 Å². The summed E-state index contributed by atoms with van der Waals surface area (Å²) in [6, 6.07) is 0. The molecule has 1 aliphatic heterocycles. The molecule has 0 aromatic rings. The maximum atomic E-state index is 11.9. The van der Waals surface area contributed by atoms with Gasteiger partial charge in [0, 0.05) is 19.7 Å². The summed E-state index contributed by atoms with van der Waals surface area (Å²) < 4.78 is 5.47. The van der Waals surface area contributed by atoms with Crippen molar-refractivity contribution >= 4 is 5.91 Å². The van der Waals surface area contributed by atoms with Gasteiger partial charge in [0.15, 0.2) is 0 Å². The van der Waals surface area contributed by atoms with Crippen LogP contribution >= 0.6 is 0 Å². The Balaban J connectivity index is 2.30. The summed E-state index contributed by atoms with van der Waals surface area (Å²) in [7, 11) is 1.88. The second-order valence-electron chi connectivity index (χ2n) is 4.79. The number of carbonyl (C=O) groups excluding carboxylic acids is 1. The molecule has 2 N–H and O–H groups in total. The minimum Gasteiger partial charge on any atom is -0.376 e. The highest BCUT2D eigenvalue weighted by Gasteiger charge is 2.23. The molecule has 0 aromatic carbocycles. The molecule has 2 atom stereocenters. The van der Waals surface area contributed by atoms with Gasteiger partial charge < -0.3 is 15.4 Å². The normalized spacial score (nSPS) is 22.4. The van der Waals surface area contributed by atoms with Crippen molar-refractivity contribution < 1.29 is 9.53 Å². The number of ether oxygens (including phenoxy) is 1. The van der Waals surface area contributed by atoms with Gasteiger partial charge in [-0.25, -0.2) is 0 Å². The van der Waals surface area contributed by atoms with E-state index < -0.39 is 0 Å². The van der Waals surface area contributed by atoms with Gasteiger partial charge in [0.05, 0.1) is 12.0 Å². The molecule has 0 bridgehead atoms. The van der Waals surface area contributed by atoms with Crippen LogP contribution in [0.4, 0.5) is 0 Å². The number of hydrogen-bond donors (Lipinski definition) is 2. The number of hydrogen-bond acceptors (Lipinski definition) is 3. The van der Waals surface area contributed by atoms with E-state index >= 15 is 0 Å². The van der Waals surface area contributed by atoms with Crippen LogP contribution in [0, 0.1) is 11.8 Å². The minimum atomic E-state index is 0.0476. The molecule has 4 nitrogen and oxygen atoms in total. The zero-order valence-corrected chi connectivity index (χ0v) is 10.6. The van der Waals surface area contributed by atoms with Gasteiger partial charge in [-0.05, 0) is 25.8 Å². The van der Waals surface area contributed by atoms with E-state index in [9.17, 15) is 4.79 Å². The Morgan fingerprint density at radius 2 is 2.25 bits per heavy atom. The van der Waals surface area contributed by atoms with E-state index in [0.29, 0.717) is 12.5 Å². The lowest BCUT2D eigenvalue weighted by atomic mass is 9.95. The van der Waals surface area contributed by atoms with E-state index in [1.165, 1.54) is 0 Å². The number of rotatable bonds is 6. The van der Waals surface area contributed by atoms with Gasteiger partial charge in [0.1, 0.15) is 0 Å². The summed E-state index contributed by atoms with van der Waals surface area (Å²) in [5, 5.41) is 6.05. The third-order valence-corrected chi connectivity index (χ3v) is 3.09. The molecule has 94 valence electrons. The molecule has 0 saturated carbocycles. The van der Waals surface area contributed by atoms with Gasteiger partial charge in [0.2, 0.25) is 5.91 Å². The lowest BCUT2D eigenvalue weighted by molar-refractivity contribution is -0.126. The van der Waals surface area contributed by atoms with Gasteiger partial charge in [-0.15, -0.1) is 0 Å². The van der Waals surface area contributed by atoms with Crippen molar-refractivity contribution in [2.75, 3.05) is 26.7 Å². The maximum absolute atomic E-state index is 11.9. The van der Waals surface area contributed by atoms with E-state index in [2.05, 4.69) is 24.5 Å². The summed E-state index contributed by atoms with van der Waals surface area (Å²) in [5.41, 5.74) is 0. The van der Waals surface area contributed by atoms with Crippen LogP contribution in [0.15, 0.2) is 0 Å². The third-order valence-electron chi connectivity index (χ3n) is 3.09. The molecule has 16 heavy (non-hydrogen) atoms. The van der Waals surface area contributed by atoms with Crippen LogP contribution in [0.5, 0.6) is 0 Å². The average molecular weight is 228 g/mol. The van der Waals surface area contributed by atoms with Gasteiger partial charge in [-0.2, -0.15) is 0 Å². The molecule has 0 aromatic heterocycles. The van der Waals surface area contributed by atoms with Crippen LogP contribution in [0.2, 0.25) is 0 Å². The molecule has 1 amide bonds. The summed E-state index contributed by atoms with van der Waals surface area (Å²) in [6.45, 7) is 6.38. The molecule has 4 heteroatoms. The largest absolute Gasteiger partial charge is 0.376 e. The highest BCUT2D eigenvalue weighted by Crippen LogP contribution is 2.12. The maximum Gasteiger partial charge on any atom is 0.224 e. The van der Waals surface area contributed by atoms with Gasteiger partial charge in [0.25, 0.3) is 0 Å². The Hall–Kier alpha value is -0.610. The highest BCUT2D eigenvalue weighted by atomic mass is 16.5. The Labute approximate surface area is 98.1 Å². The lowest BCUT2D eigenvalue weighted by Gasteiger charge is -2.21. The van der Waals surface area contributed by atoms with E-state index in [1.807, 2.05) is 7.05 Å². The van der Waals surface area contributed by atoms with Crippen molar-refractivity contribution in [2.24, 2.45) is 11.8 Å². The van der Waals surface area contributed by atoms with Crippen molar-refractivity contribution in [3.05, 3.63) is 0 Å². The molecule has 0 aliphatic carbocycles. The van der Waals surface area contributed by atoms with Crippen LogP contribution < -0.4 is 10.6 Å². The van der Waals surface area contributed by atoms with Gasteiger partial charge >= 0.3 is 0 Å². The van der Waals surface area contributed by atoms with Crippen molar-refractivity contribution in [1.82, 2.24) is 10.6 Å². The van der Waals surface area contributed by atoms with Crippen molar-refractivity contribution in [2.45, 2.75) is 32.8 Å². The molecule has 1 rings (SSSR count). The van der Waals surface area contributed by atoms with Gasteiger partial charge in [-0.1, -0.05) is 13.8 Å². The van der Waals surface area contributed by atoms with Gasteiger partial charge in [-0.3, -0.25) is 4.79 Å². The molecule has 0 radical (unpaired) electrons. The van der Waals surface area contributed by atoms with Crippen LogP contribution in [-0.4, -0.2) is 38.8 Å².